The van der Waals surface area contributed by atoms with E-state index in [0.717, 1.165) is 61.6 Å². The molecule has 1 amide bonds. The van der Waals surface area contributed by atoms with Crippen LogP contribution in [0, 0.1) is 5.92 Å². The lowest BCUT2D eigenvalue weighted by Crippen LogP contribution is -2.43. The van der Waals surface area contributed by atoms with E-state index in [0.29, 0.717) is 6.04 Å². The zero-order valence-corrected chi connectivity index (χ0v) is 16.5. The molecule has 0 spiro atoms. The number of carbonyl (C=O) groups excluding carboxylic acids is 1. The Balaban J connectivity index is 1.29. The van der Waals surface area contributed by atoms with Crippen molar-refractivity contribution in [1.29, 1.82) is 0 Å². The van der Waals surface area contributed by atoms with Crippen LogP contribution in [0.3, 0.4) is 0 Å². The highest BCUT2D eigenvalue weighted by atomic mass is 16.1. The molecular weight excluding hydrogens is 364 g/mol. The average Bonchev–Trinajstić information content (AvgIpc) is 3.44. The molecule has 7 heteroatoms. The number of nitrogens with one attached hydrogen (secondary N) is 1. The molecule has 1 aliphatic heterocycles. The summed E-state index contributed by atoms with van der Waals surface area (Å²) < 4.78 is 1.81. The van der Waals surface area contributed by atoms with Gasteiger partial charge in [0, 0.05) is 30.6 Å². The minimum atomic E-state index is 0.116. The Bertz CT molecular complexity index is 987. The van der Waals surface area contributed by atoms with E-state index in [1.54, 1.807) is 0 Å². The molecule has 0 unspecified atom stereocenters. The van der Waals surface area contributed by atoms with E-state index in [9.17, 15) is 4.79 Å². The Morgan fingerprint density at radius 2 is 1.69 bits per heavy atom. The molecule has 1 aliphatic carbocycles. The van der Waals surface area contributed by atoms with Crippen LogP contribution < -0.4 is 10.2 Å². The molecule has 3 aromatic rings. The molecule has 3 heterocycles. The maximum atomic E-state index is 12.6. The van der Waals surface area contributed by atoms with E-state index < -0.39 is 0 Å². The van der Waals surface area contributed by atoms with Crippen LogP contribution in [0.4, 0.5) is 5.82 Å². The third-order valence-electron chi connectivity index (χ3n) is 6.17. The van der Waals surface area contributed by atoms with E-state index >= 15 is 0 Å². The predicted molar refractivity (Wildman–Crippen MR) is 112 cm³/mol. The predicted octanol–water partition coefficient (Wildman–Crippen LogP) is 3.07. The van der Waals surface area contributed by atoms with Crippen molar-refractivity contribution in [3.63, 3.8) is 0 Å². The smallest absolute Gasteiger partial charge is 0.223 e. The van der Waals surface area contributed by atoms with Gasteiger partial charge in [0.1, 0.15) is 5.82 Å². The van der Waals surface area contributed by atoms with Crippen molar-refractivity contribution in [2.24, 2.45) is 5.92 Å². The number of hydrogen-bond acceptors (Lipinski definition) is 5. The third kappa shape index (κ3) is 3.69. The largest absolute Gasteiger partial charge is 0.355 e. The molecular formula is C22H26N6O. The molecule has 1 N–H and O–H groups in total. The summed E-state index contributed by atoms with van der Waals surface area (Å²) in [4.78, 5) is 14.8. The standard InChI is InChI=1S/C22H26N6O/c29-22(23-18-8-4-5-9-18)17-12-14-27(15-13-17)20-11-10-19-24-25-21(28(19)26-20)16-6-2-1-3-7-16/h1-3,6-7,10-11,17-18H,4-5,8-9,12-15H2,(H,23,29). The van der Waals surface area contributed by atoms with Crippen LogP contribution in [0.25, 0.3) is 17.0 Å². The summed E-state index contributed by atoms with van der Waals surface area (Å²) in [5.74, 6) is 2.01. The number of nitrogens with zero attached hydrogens (tertiary/aromatic N) is 5. The Hall–Kier alpha value is -2.96. The second-order valence-electron chi connectivity index (χ2n) is 8.10. The van der Waals surface area contributed by atoms with E-state index in [2.05, 4.69) is 20.4 Å². The molecule has 29 heavy (non-hydrogen) atoms. The van der Waals surface area contributed by atoms with Gasteiger partial charge in [-0.05, 0) is 37.8 Å². The second kappa shape index (κ2) is 7.81. The van der Waals surface area contributed by atoms with Crippen LogP contribution in [0.2, 0.25) is 0 Å². The molecule has 2 aliphatic rings. The van der Waals surface area contributed by atoms with Gasteiger partial charge in [0.05, 0.1) is 0 Å². The summed E-state index contributed by atoms with van der Waals surface area (Å²) in [6, 6.07) is 14.3. The summed E-state index contributed by atoms with van der Waals surface area (Å²) in [7, 11) is 0. The average molecular weight is 390 g/mol. The number of piperidine rings is 1. The summed E-state index contributed by atoms with van der Waals surface area (Å²) in [5, 5.41) is 16.6. The highest BCUT2D eigenvalue weighted by Crippen LogP contribution is 2.25. The van der Waals surface area contributed by atoms with Crippen molar-refractivity contribution in [1.82, 2.24) is 25.1 Å². The van der Waals surface area contributed by atoms with E-state index in [-0.39, 0.29) is 11.8 Å². The van der Waals surface area contributed by atoms with Crippen molar-refractivity contribution in [3.8, 4) is 11.4 Å². The molecule has 150 valence electrons. The summed E-state index contributed by atoms with van der Waals surface area (Å²) in [5.41, 5.74) is 1.73. The number of benzene rings is 1. The number of hydrogen-bond donors (Lipinski definition) is 1. The zero-order chi connectivity index (χ0) is 19.6. The van der Waals surface area contributed by atoms with Crippen LogP contribution in [0.1, 0.15) is 38.5 Å². The van der Waals surface area contributed by atoms with Gasteiger partial charge in [-0.2, -0.15) is 4.52 Å². The van der Waals surface area contributed by atoms with Crippen LogP contribution in [-0.4, -0.2) is 44.8 Å². The van der Waals surface area contributed by atoms with Crippen molar-refractivity contribution >= 4 is 17.4 Å². The van der Waals surface area contributed by atoms with E-state index in [4.69, 9.17) is 5.10 Å². The molecule has 1 saturated carbocycles. The van der Waals surface area contributed by atoms with Gasteiger partial charge in [-0.25, -0.2) is 0 Å². The molecule has 2 aromatic heterocycles. The van der Waals surface area contributed by atoms with Gasteiger partial charge in [-0.15, -0.1) is 15.3 Å². The first-order valence-electron chi connectivity index (χ1n) is 10.6. The fourth-order valence-corrected chi connectivity index (χ4v) is 4.48. The first kappa shape index (κ1) is 18.1. The van der Waals surface area contributed by atoms with Gasteiger partial charge in [0.15, 0.2) is 11.5 Å². The Labute approximate surface area is 170 Å². The molecule has 0 radical (unpaired) electrons. The van der Waals surface area contributed by atoms with Crippen molar-refractivity contribution in [2.75, 3.05) is 18.0 Å². The van der Waals surface area contributed by atoms with Crippen molar-refractivity contribution < 1.29 is 4.79 Å². The Morgan fingerprint density at radius 3 is 2.45 bits per heavy atom. The molecule has 5 rings (SSSR count). The first-order chi connectivity index (χ1) is 14.3. The number of amides is 1. The molecule has 1 aromatic carbocycles. The number of fused-ring (bicyclic) bond motifs is 1. The number of rotatable bonds is 4. The number of anilines is 1. The van der Waals surface area contributed by atoms with Crippen molar-refractivity contribution in [3.05, 3.63) is 42.5 Å². The van der Waals surface area contributed by atoms with Crippen LogP contribution in [0.15, 0.2) is 42.5 Å². The number of carbonyl (C=O) groups is 1. The lowest BCUT2D eigenvalue weighted by molar-refractivity contribution is -0.126. The minimum Gasteiger partial charge on any atom is -0.355 e. The highest BCUT2D eigenvalue weighted by molar-refractivity contribution is 5.79. The van der Waals surface area contributed by atoms with Crippen LogP contribution in [-0.2, 0) is 4.79 Å². The van der Waals surface area contributed by atoms with E-state index in [1.807, 2.05) is 47.0 Å². The van der Waals surface area contributed by atoms with Gasteiger partial charge >= 0.3 is 0 Å². The van der Waals surface area contributed by atoms with Gasteiger partial charge in [-0.1, -0.05) is 43.2 Å². The Morgan fingerprint density at radius 1 is 0.931 bits per heavy atom. The first-order valence-corrected chi connectivity index (χ1v) is 10.6. The second-order valence-corrected chi connectivity index (χ2v) is 8.10. The monoisotopic (exact) mass is 390 g/mol. The topological polar surface area (TPSA) is 75.4 Å². The van der Waals surface area contributed by atoms with Crippen LogP contribution in [0.5, 0.6) is 0 Å². The van der Waals surface area contributed by atoms with Crippen LogP contribution >= 0.6 is 0 Å². The molecule has 7 nitrogen and oxygen atoms in total. The third-order valence-corrected chi connectivity index (χ3v) is 6.17. The SMILES string of the molecule is O=C(NC1CCCC1)C1CCN(c2ccc3nnc(-c4ccccc4)n3n2)CC1. The van der Waals surface area contributed by atoms with Gasteiger partial charge < -0.3 is 10.2 Å². The number of aromatic nitrogens is 4. The normalized spacial score (nSPS) is 18.4. The summed E-state index contributed by atoms with van der Waals surface area (Å²) in [6.07, 6.45) is 6.49. The van der Waals surface area contributed by atoms with Gasteiger partial charge in [0.2, 0.25) is 5.91 Å². The summed E-state index contributed by atoms with van der Waals surface area (Å²) >= 11 is 0. The Kier molecular flexibility index (Phi) is 4.87. The molecule has 1 saturated heterocycles. The lowest BCUT2D eigenvalue weighted by atomic mass is 9.95. The fourth-order valence-electron chi connectivity index (χ4n) is 4.48. The fraction of sp³-hybridized carbons (Fsp3) is 0.455. The van der Waals surface area contributed by atoms with Gasteiger partial charge in [0.25, 0.3) is 0 Å². The lowest BCUT2D eigenvalue weighted by Gasteiger charge is -2.32. The van der Waals surface area contributed by atoms with Crippen molar-refractivity contribution in [2.45, 2.75) is 44.6 Å². The highest BCUT2D eigenvalue weighted by Gasteiger charge is 2.28. The molecule has 2 fully saturated rings. The molecule has 0 atom stereocenters. The van der Waals surface area contributed by atoms with E-state index in [1.165, 1.54) is 12.8 Å². The molecule has 0 bridgehead atoms. The maximum absolute atomic E-state index is 12.6. The maximum Gasteiger partial charge on any atom is 0.223 e. The summed E-state index contributed by atoms with van der Waals surface area (Å²) in [6.45, 7) is 1.67. The minimum absolute atomic E-state index is 0.116. The quantitative estimate of drug-likeness (QED) is 0.741. The van der Waals surface area contributed by atoms with Gasteiger partial charge in [-0.3, -0.25) is 4.79 Å². The zero-order valence-electron chi connectivity index (χ0n) is 16.5.